The third-order valence-electron chi connectivity index (χ3n) is 3.87. The van der Waals surface area contributed by atoms with E-state index < -0.39 is 0 Å². The van der Waals surface area contributed by atoms with Crippen LogP contribution in [0.2, 0.25) is 5.02 Å². The van der Waals surface area contributed by atoms with Gasteiger partial charge in [0.15, 0.2) is 0 Å². The highest BCUT2D eigenvalue weighted by Crippen LogP contribution is 2.28. The topological polar surface area (TPSA) is 76.0 Å². The van der Waals surface area contributed by atoms with Gasteiger partial charge in [-0.15, -0.1) is 11.3 Å². The summed E-state index contributed by atoms with van der Waals surface area (Å²) in [5, 5.41) is 12.5. The normalized spacial score (nSPS) is 10.6. The van der Waals surface area contributed by atoms with Gasteiger partial charge in [0, 0.05) is 31.9 Å². The van der Waals surface area contributed by atoms with E-state index in [4.69, 9.17) is 11.6 Å². The van der Waals surface area contributed by atoms with Crippen LogP contribution in [0.1, 0.15) is 26.5 Å². The van der Waals surface area contributed by atoms with Crippen LogP contribution in [0.25, 0.3) is 11.3 Å². The van der Waals surface area contributed by atoms with Crippen molar-refractivity contribution in [1.82, 2.24) is 20.4 Å². The third-order valence-corrected chi connectivity index (χ3v) is 5.07. The first kappa shape index (κ1) is 19.1. The van der Waals surface area contributed by atoms with Gasteiger partial charge in [-0.25, -0.2) is 0 Å². The van der Waals surface area contributed by atoms with Crippen LogP contribution < -0.4 is 10.6 Å². The summed E-state index contributed by atoms with van der Waals surface area (Å²) in [4.78, 5) is 25.1. The van der Waals surface area contributed by atoms with Crippen molar-refractivity contribution < 1.29 is 9.59 Å². The highest BCUT2D eigenvalue weighted by molar-refractivity contribution is 7.12. The van der Waals surface area contributed by atoms with Gasteiger partial charge in [0.05, 0.1) is 15.5 Å². The minimum atomic E-state index is -0.220. The summed E-state index contributed by atoms with van der Waals surface area (Å²) in [6.45, 7) is 0.932. The van der Waals surface area contributed by atoms with E-state index in [0.717, 1.165) is 0 Å². The van der Waals surface area contributed by atoms with Gasteiger partial charge < -0.3 is 10.6 Å². The molecule has 0 aliphatic heterocycles. The molecule has 0 spiro atoms. The van der Waals surface area contributed by atoms with E-state index in [-0.39, 0.29) is 11.8 Å². The van der Waals surface area contributed by atoms with Gasteiger partial charge in [-0.1, -0.05) is 35.9 Å². The quantitative estimate of drug-likeness (QED) is 0.595. The number of amides is 2. The Morgan fingerprint density at radius 3 is 2.56 bits per heavy atom. The maximum absolute atomic E-state index is 12.6. The van der Waals surface area contributed by atoms with E-state index in [9.17, 15) is 9.59 Å². The van der Waals surface area contributed by atoms with Crippen molar-refractivity contribution in [2.45, 2.75) is 6.42 Å². The van der Waals surface area contributed by atoms with Crippen molar-refractivity contribution in [1.29, 1.82) is 0 Å². The molecule has 3 aromatic rings. The predicted octanol–water partition coefficient (Wildman–Crippen LogP) is 3.35. The zero-order valence-corrected chi connectivity index (χ0v) is 16.3. The molecule has 6 nitrogen and oxygen atoms in total. The first-order valence-corrected chi connectivity index (χ1v) is 9.70. The van der Waals surface area contributed by atoms with Gasteiger partial charge in [-0.2, -0.15) is 5.10 Å². The Bertz CT molecular complexity index is 937. The van der Waals surface area contributed by atoms with E-state index >= 15 is 0 Å². The summed E-state index contributed by atoms with van der Waals surface area (Å²) >= 11 is 7.64. The summed E-state index contributed by atoms with van der Waals surface area (Å²) < 4.78 is 1.59. The fourth-order valence-corrected chi connectivity index (χ4v) is 3.45. The van der Waals surface area contributed by atoms with Crippen molar-refractivity contribution in [3.8, 4) is 11.3 Å². The van der Waals surface area contributed by atoms with Gasteiger partial charge in [0.25, 0.3) is 11.8 Å². The molecular formula is C19H19ClN4O2S. The average Bonchev–Trinajstić information content (AvgIpc) is 3.31. The van der Waals surface area contributed by atoms with Gasteiger partial charge in [-0.05, 0) is 23.9 Å². The SMILES string of the molecule is Cn1cc(C(=O)NCCCNC(=O)c2cccs2)c(-c2ccccc2Cl)n1. The molecule has 0 bridgehead atoms. The monoisotopic (exact) mass is 402 g/mol. The fourth-order valence-electron chi connectivity index (χ4n) is 2.59. The van der Waals surface area contributed by atoms with E-state index in [1.807, 2.05) is 29.6 Å². The first-order chi connectivity index (χ1) is 13.1. The molecule has 27 heavy (non-hydrogen) atoms. The number of carbonyl (C=O) groups excluding carboxylic acids is 2. The number of thiophene rings is 1. The van der Waals surface area contributed by atoms with Gasteiger partial charge in [-0.3, -0.25) is 14.3 Å². The van der Waals surface area contributed by atoms with Crippen molar-refractivity contribution in [3.05, 3.63) is 63.4 Å². The number of aromatic nitrogens is 2. The molecule has 2 heterocycles. The molecular weight excluding hydrogens is 384 g/mol. The lowest BCUT2D eigenvalue weighted by molar-refractivity contribution is 0.0953. The number of rotatable bonds is 7. The Hall–Kier alpha value is -2.64. The zero-order chi connectivity index (χ0) is 19.2. The number of hydrogen-bond donors (Lipinski definition) is 2. The summed E-state index contributed by atoms with van der Waals surface area (Å²) in [5.41, 5.74) is 1.73. The molecule has 0 fully saturated rings. The zero-order valence-electron chi connectivity index (χ0n) is 14.7. The number of hydrogen-bond acceptors (Lipinski definition) is 4. The molecule has 0 atom stereocenters. The first-order valence-electron chi connectivity index (χ1n) is 8.44. The minimum absolute atomic E-state index is 0.0930. The molecule has 1 aromatic carbocycles. The maximum atomic E-state index is 12.6. The van der Waals surface area contributed by atoms with E-state index in [2.05, 4.69) is 15.7 Å². The van der Waals surface area contributed by atoms with Crippen LogP contribution in [0.4, 0.5) is 0 Å². The molecule has 0 saturated carbocycles. The summed E-state index contributed by atoms with van der Waals surface area (Å²) in [6, 6.07) is 10.9. The number of nitrogens with zero attached hydrogens (tertiary/aromatic N) is 2. The molecule has 0 aliphatic rings. The van der Waals surface area contributed by atoms with E-state index in [1.165, 1.54) is 11.3 Å². The molecule has 2 amide bonds. The molecule has 0 saturated heterocycles. The molecule has 2 N–H and O–H groups in total. The molecule has 0 radical (unpaired) electrons. The van der Waals surface area contributed by atoms with Crippen LogP contribution in [0.5, 0.6) is 0 Å². The lowest BCUT2D eigenvalue weighted by Crippen LogP contribution is -2.29. The van der Waals surface area contributed by atoms with Crippen molar-refractivity contribution in [2.75, 3.05) is 13.1 Å². The third kappa shape index (κ3) is 4.75. The number of aryl methyl sites for hydroxylation is 1. The molecule has 8 heteroatoms. The number of carbonyl (C=O) groups is 2. The molecule has 140 valence electrons. The van der Waals surface area contributed by atoms with Gasteiger partial charge in [0.1, 0.15) is 5.69 Å². The Morgan fingerprint density at radius 2 is 1.85 bits per heavy atom. The van der Waals surface area contributed by atoms with Crippen LogP contribution >= 0.6 is 22.9 Å². The van der Waals surface area contributed by atoms with Crippen molar-refractivity contribution >= 4 is 34.8 Å². The fraction of sp³-hybridized carbons (Fsp3) is 0.211. The van der Waals surface area contributed by atoms with Crippen LogP contribution in [0.15, 0.2) is 48.0 Å². The van der Waals surface area contributed by atoms with Crippen LogP contribution in [-0.4, -0.2) is 34.7 Å². The molecule has 0 aliphatic carbocycles. The Morgan fingerprint density at radius 1 is 1.11 bits per heavy atom. The lowest BCUT2D eigenvalue weighted by atomic mass is 10.1. The van der Waals surface area contributed by atoms with Crippen LogP contribution in [-0.2, 0) is 7.05 Å². The number of halogens is 1. The number of nitrogens with one attached hydrogen (secondary N) is 2. The van der Waals surface area contributed by atoms with Gasteiger partial charge >= 0.3 is 0 Å². The predicted molar refractivity (Wildman–Crippen MR) is 107 cm³/mol. The van der Waals surface area contributed by atoms with Gasteiger partial charge in [0.2, 0.25) is 0 Å². The summed E-state index contributed by atoms with van der Waals surface area (Å²) in [6.07, 6.45) is 2.30. The summed E-state index contributed by atoms with van der Waals surface area (Å²) in [7, 11) is 1.76. The molecule has 0 unspecified atom stereocenters. The highest BCUT2D eigenvalue weighted by Gasteiger charge is 2.18. The standard InChI is InChI=1S/C19H19ClN4O2S/c1-24-12-14(17(23-24)13-6-2-3-7-15(13)20)18(25)21-9-5-10-22-19(26)16-8-4-11-27-16/h2-4,6-8,11-12H,5,9-10H2,1H3,(H,21,25)(H,22,26). The minimum Gasteiger partial charge on any atom is -0.352 e. The smallest absolute Gasteiger partial charge is 0.261 e. The van der Waals surface area contributed by atoms with Crippen LogP contribution in [0, 0.1) is 0 Å². The Labute approximate surface area is 166 Å². The largest absolute Gasteiger partial charge is 0.352 e. The Kier molecular flexibility index (Phi) is 6.26. The second-order valence-electron chi connectivity index (χ2n) is 5.89. The maximum Gasteiger partial charge on any atom is 0.261 e. The lowest BCUT2D eigenvalue weighted by Gasteiger charge is -2.07. The number of benzene rings is 1. The molecule has 2 aromatic heterocycles. The second kappa shape index (κ2) is 8.83. The second-order valence-corrected chi connectivity index (χ2v) is 7.24. The summed E-state index contributed by atoms with van der Waals surface area (Å²) in [5.74, 6) is -0.313. The Balaban J connectivity index is 1.54. The van der Waals surface area contributed by atoms with E-state index in [1.54, 1.807) is 30.1 Å². The molecule has 3 rings (SSSR count). The van der Waals surface area contributed by atoms with Crippen LogP contribution in [0.3, 0.4) is 0 Å². The van der Waals surface area contributed by atoms with Crippen molar-refractivity contribution in [3.63, 3.8) is 0 Å². The average molecular weight is 403 g/mol. The van der Waals surface area contributed by atoms with E-state index in [0.29, 0.717) is 46.2 Å². The van der Waals surface area contributed by atoms with Crippen molar-refractivity contribution in [2.24, 2.45) is 7.05 Å². The highest BCUT2D eigenvalue weighted by atomic mass is 35.5.